The predicted octanol–water partition coefficient (Wildman–Crippen LogP) is 4.06. The Morgan fingerprint density at radius 3 is 2.71 bits per heavy atom. The summed E-state index contributed by atoms with van der Waals surface area (Å²) in [6, 6.07) is 3.51. The van der Waals surface area contributed by atoms with Crippen molar-refractivity contribution in [2.24, 2.45) is 11.3 Å². The molecule has 0 bridgehead atoms. The summed E-state index contributed by atoms with van der Waals surface area (Å²) in [5.41, 5.74) is 1.75. The van der Waals surface area contributed by atoms with Gasteiger partial charge < -0.3 is 14.9 Å². The highest BCUT2D eigenvalue weighted by molar-refractivity contribution is 9.10. The Morgan fingerprint density at radius 1 is 1.43 bits per heavy atom. The van der Waals surface area contributed by atoms with Crippen molar-refractivity contribution in [3.05, 3.63) is 34.3 Å². The summed E-state index contributed by atoms with van der Waals surface area (Å²) >= 11 is 3.37. The molecule has 0 aromatic heterocycles. The fourth-order valence-corrected chi connectivity index (χ4v) is 3.63. The SMILES string of the molecule is C=C1C(O)CCC(C)(C)C1Cc1cc(OC)c(Br)cc1O. The van der Waals surface area contributed by atoms with E-state index in [1.807, 2.05) is 6.07 Å². The van der Waals surface area contributed by atoms with Gasteiger partial charge in [0.2, 0.25) is 0 Å². The molecule has 1 saturated carbocycles. The number of methoxy groups -OCH3 is 1. The lowest BCUT2D eigenvalue weighted by atomic mass is 9.64. The van der Waals surface area contributed by atoms with Gasteiger partial charge in [-0.2, -0.15) is 0 Å². The standard InChI is InChI=1S/C17H23BrO3/c1-10-12(17(2,3)6-5-14(10)19)7-11-8-16(21-4)13(18)9-15(11)20/h8-9,12,14,19-20H,1,5-7H2,2-4H3. The van der Waals surface area contributed by atoms with Crippen LogP contribution in [0.15, 0.2) is 28.8 Å². The van der Waals surface area contributed by atoms with Crippen LogP contribution in [0.1, 0.15) is 32.3 Å². The molecule has 0 aliphatic heterocycles. The third kappa shape index (κ3) is 3.27. The quantitative estimate of drug-likeness (QED) is 0.804. The van der Waals surface area contributed by atoms with Gasteiger partial charge in [-0.1, -0.05) is 20.4 Å². The Morgan fingerprint density at radius 2 is 2.10 bits per heavy atom. The van der Waals surface area contributed by atoms with Gasteiger partial charge in [0.15, 0.2) is 0 Å². The van der Waals surface area contributed by atoms with Crippen LogP contribution in [-0.4, -0.2) is 23.4 Å². The molecule has 3 nitrogen and oxygen atoms in total. The van der Waals surface area contributed by atoms with Crippen LogP contribution < -0.4 is 4.74 Å². The number of halogens is 1. The van der Waals surface area contributed by atoms with Gasteiger partial charge in [0.1, 0.15) is 11.5 Å². The number of aliphatic hydroxyl groups is 1. The second kappa shape index (κ2) is 6.01. The maximum Gasteiger partial charge on any atom is 0.133 e. The van der Waals surface area contributed by atoms with Gasteiger partial charge in [0, 0.05) is 0 Å². The minimum absolute atomic E-state index is 0.0586. The van der Waals surface area contributed by atoms with Crippen molar-refractivity contribution in [3.63, 3.8) is 0 Å². The van der Waals surface area contributed by atoms with E-state index in [1.165, 1.54) is 0 Å². The molecule has 1 aliphatic carbocycles. The highest BCUT2D eigenvalue weighted by atomic mass is 79.9. The van der Waals surface area contributed by atoms with Gasteiger partial charge in [0.05, 0.1) is 17.7 Å². The van der Waals surface area contributed by atoms with Crippen molar-refractivity contribution in [3.8, 4) is 11.5 Å². The zero-order valence-electron chi connectivity index (χ0n) is 12.8. The average Bonchev–Trinajstić information content (AvgIpc) is 2.41. The van der Waals surface area contributed by atoms with Crippen LogP contribution in [0.3, 0.4) is 0 Å². The van der Waals surface area contributed by atoms with Gasteiger partial charge in [-0.3, -0.25) is 0 Å². The molecule has 2 rings (SSSR count). The Balaban J connectivity index is 2.33. The van der Waals surface area contributed by atoms with Gasteiger partial charge in [0.25, 0.3) is 0 Å². The van der Waals surface area contributed by atoms with Gasteiger partial charge >= 0.3 is 0 Å². The minimum Gasteiger partial charge on any atom is -0.508 e. The molecule has 1 aromatic carbocycles. The summed E-state index contributed by atoms with van der Waals surface area (Å²) in [6.07, 6.45) is 1.92. The predicted molar refractivity (Wildman–Crippen MR) is 87.7 cm³/mol. The van der Waals surface area contributed by atoms with Crippen LogP contribution in [0.2, 0.25) is 0 Å². The largest absolute Gasteiger partial charge is 0.508 e. The lowest BCUT2D eigenvalue weighted by Gasteiger charge is -2.42. The molecule has 0 amide bonds. The maximum atomic E-state index is 10.2. The number of rotatable bonds is 3. The molecule has 21 heavy (non-hydrogen) atoms. The summed E-state index contributed by atoms with van der Waals surface area (Å²) in [6.45, 7) is 8.48. The summed E-state index contributed by atoms with van der Waals surface area (Å²) < 4.78 is 6.03. The minimum atomic E-state index is -0.442. The third-order valence-electron chi connectivity index (χ3n) is 4.66. The van der Waals surface area contributed by atoms with Crippen LogP contribution in [0.4, 0.5) is 0 Å². The lowest BCUT2D eigenvalue weighted by Crippen LogP contribution is -2.37. The zero-order chi connectivity index (χ0) is 15.8. The van der Waals surface area contributed by atoms with Crippen LogP contribution >= 0.6 is 15.9 Å². The molecule has 2 N–H and O–H groups in total. The highest BCUT2D eigenvalue weighted by Crippen LogP contribution is 2.46. The molecular weight excluding hydrogens is 332 g/mol. The number of aliphatic hydroxyl groups excluding tert-OH is 1. The van der Waals surface area contributed by atoms with Crippen LogP contribution in [0, 0.1) is 11.3 Å². The van der Waals surface area contributed by atoms with E-state index in [2.05, 4.69) is 36.4 Å². The third-order valence-corrected chi connectivity index (χ3v) is 5.28. The average molecular weight is 355 g/mol. The monoisotopic (exact) mass is 354 g/mol. The number of phenolic OH excluding ortho intramolecular Hbond substituents is 1. The van der Waals surface area contributed by atoms with E-state index in [4.69, 9.17) is 4.74 Å². The number of ether oxygens (including phenoxy) is 1. The molecule has 0 saturated heterocycles. The second-order valence-electron chi connectivity index (χ2n) is 6.49. The van der Waals surface area contributed by atoms with Crippen molar-refractivity contribution in [2.75, 3.05) is 7.11 Å². The highest BCUT2D eigenvalue weighted by Gasteiger charge is 2.38. The van der Waals surface area contributed by atoms with Crippen LogP contribution in [0.25, 0.3) is 0 Å². The normalized spacial score (nSPS) is 24.9. The first kappa shape index (κ1) is 16.4. The van der Waals surface area contributed by atoms with E-state index in [-0.39, 0.29) is 17.1 Å². The number of benzene rings is 1. The van der Waals surface area contributed by atoms with Crippen molar-refractivity contribution in [1.82, 2.24) is 0 Å². The van der Waals surface area contributed by atoms with E-state index < -0.39 is 6.10 Å². The number of phenols is 1. The number of hydrogen-bond acceptors (Lipinski definition) is 3. The summed E-state index contributed by atoms with van der Waals surface area (Å²) in [5, 5.41) is 20.3. The molecule has 0 radical (unpaired) electrons. The topological polar surface area (TPSA) is 49.7 Å². The molecule has 0 heterocycles. The molecule has 0 spiro atoms. The van der Waals surface area contributed by atoms with Crippen LogP contribution in [-0.2, 0) is 6.42 Å². The number of hydrogen-bond donors (Lipinski definition) is 2. The molecular formula is C17H23BrO3. The first-order valence-electron chi connectivity index (χ1n) is 7.18. The maximum absolute atomic E-state index is 10.2. The van der Waals surface area contributed by atoms with Gasteiger partial charge in [-0.15, -0.1) is 0 Å². The first-order chi connectivity index (χ1) is 9.76. The van der Waals surface area contributed by atoms with E-state index in [1.54, 1.807) is 13.2 Å². The molecule has 1 aliphatic rings. The molecule has 1 fully saturated rings. The van der Waals surface area contributed by atoms with Crippen molar-refractivity contribution < 1.29 is 14.9 Å². The van der Waals surface area contributed by atoms with Gasteiger partial charge in [-0.05, 0) is 69.8 Å². The summed E-state index contributed by atoms with van der Waals surface area (Å²) in [5.74, 6) is 1.08. The molecule has 2 atom stereocenters. The fraction of sp³-hybridized carbons (Fsp3) is 0.529. The van der Waals surface area contributed by atoms with E-state index in [0.29, 0.717) is 12.2 Å². The summed E-state index contributed by atoms with van der Waals surface area (Å²) in [7, 11) is 1.61. The Hall–Kier alpha value is -1.00. The van der Waals surface area contributed by atoms with Gasteiger partial charge in [-0.25, -0.2) is 0 Å². The van der Waals surface area contributed by atoms with E-state index in [0.717, 1.165) is 28.5 Å². The first-order valence-corrected chi connectivity index (χ1v) is 7.97. The lowest BCUT2D eigenvalue weighted by molar-refractivity contribution is 0.0866. The Bertz CT molecular complexity index is 551. The molecule has 1 aromatic rings. The zero-order valence-corrected chi connectivity index (χ0v) is 14.4. The summed E-state index contributed by atoms with van der Waals surface area (Å²) in [4.78, 5) is 0. The molecule has 116 valence electrons. The fourth-order valence-electron chi connectivity index (χ4n) is 3.13. The van der Waals surface area contributed by atoms with Crippen molar-refractivity contribution in [2.45, 2.75) is 39.2 Å². The number of aromatic hydroxyl groups is 1. The van der Waals surface area contributed by atoms with E-state index in [9.17, 15) is 10.2 Å². The molecule has 4 heteroatoms. The van der Waals surface area contributed by atoms with Crippen LogP contribution in [0.5, 0.6) is 11.5 Å². The van der Waals surface area contributed by atoms with Crippen molar-refractivity contribution in [1.29, 1.82) is 0 Å². The van der Waals surface area contributed by atoms with Crippen molar-refractivity contribution >= 4 is 15.9 Å². The Labute approximate surface area is 134 Å². The molecule has 2 unspecified atom stereocenters. The smallest absolute Gasteiger partial charge is 0.133 e. The van der Waals surface area contributed by atoms with E-state index >= 15 is 0 Å². The Kier molecular flexibility index (Phi) is 4.69. The second-order valence-corrected chi connectivity index (χ2v) is 7.34.